The third-order valence-electron chi connectivity index (χ3n) is 3.51. The SMILES string of the molecule is CCOC(=O)CCCCCCC(C)(C)C(=O)OCC(F)(F)C(F)F. The molecule has 0 rings (SSSR count). The lowest BCUT2D eigenvalue weighted by Gasteiger charge is -2.24. The van der Waals surface area contributed by atoms with Crippen LogP contribution in [0.2, 0.25) is 0 Å². The smallest absolute Gasteiger partial charge is 0.340 e. The average Bonchev–Trinajstić information content (AvgIpc) is 2.48. The third-order valence-corrected chi connectivity index (χ3v) is 3.51. The molecule has 0 saturated carbocycles. The summed E-state index contributed by atoms with van der Waals surface area (Å²) in [4.78, 5) is 22.9. The molecule has 8 heteroatoms. The van der Waals surface area contributed by atoms with E-state index in [9.17, 15) is 27.2 Å². The molecule has 0 aromatic heterocycles. The van der Waals surface area contributed by atoms with Crippen molar-refractivity contribution in [1.82, 2.24) is 0 Å². The van der Waals surface area contributed by atoms with E-state index in [1.165, 1.54) is 13.8 Å². The number of alkyl halides is 4. The highest BCUT2D eigenvalue weighted by atomic mass is 19.3. The van der Waals surface area contributed by atoms with Crippen molar-refractivity contribution in [3.05, 3.63) is 0 Å². The fraction of sp³-hybridized carbons (Fsp3) is 0.875. The number of esters is 2. The number of hydrogen-bond acceptors (Lipinski definition) is 4. The van der Waals surface area contributed by atoms with Crippen LogP contribution in [0.4, 0.5) is 17.6 Å². The molecule has 0 aliphatic carbocycles. The maximum atomic E-state index is 12.7. The lowest BCUT2D eigenvalue weighted by Crippen LogP contribution is -2.36. The van der Waals surface area contributed by atoms with Crippen molar-refractivity contribution >= 4 is 11.9 Å². The molecule has 0 aliphatic heterocycles. The van der Waals surface area contributed by atoms with Crippen molar-refractivity contribution in [2.45, 2.75) is 71.6 Å². The summed E-state index contributed by atoms with van der Waals surface area (Å²) >= 11 is 0. The van der Waals surface area contributed by atoms with Gasteiger partial charge in [-0.05, 0) is 33.6 Å². The van der Waals surface area contributed by atoms with Gasteiger partial charge in [-0.3, -0.25) is 9.59 Å². The Morgan fingerprint density at radius 3 is 2.12 bits per heavy atom. The van der Waals surface area contributed by atoms with Crippen LogP contribution in [0.1, 0.15) is 59.3 Å². The van der Waals surface area contributed by atoms with Crippen molar-refractivity contribution in [1.29, 1.82) is 0 Å². The summed E-state index contributed by atoms with van der Waals surface area (Å²) in [6.45, 7) is 3.51. The monoisotopic (exact) mass is 358 g/mol. The molecule has 0 unspecified atom stereocenters. The molecule has 0 spiro atoms. The number of hydrogen-bond donors (Lipinski definition) is 0. The molecular formula is C16H26F4O4. The first kappa shape index (κ1) is 22.7. The van der Waals surface area contributed by atoms with E-state index in [0.717, 1.165) is 12.8 Å². The first-order chi connectivity index (χ1) is 11.0. The summed E-state index contributed by atoms with van der Waals surface area (Å²) in [5, 5.41) is 0. The first-order valence-corrected chi connectivity index (χ1v) is 8.01. The van der Waals surface area contributed by atoms with Gasteiger partial charge in [0.05, 0.1) is 12.0 Å². The predicted octanol–water partition coefficient (Wildman–Crippen LogP) is 4.36. The Morgan fingerprint density at radius 2 is 1.58 bits per heavy atom. The molecule has 0 radical (unpaired) electrons. The Labute approximate surface area is 139 Å². The van der Waals surface area contributed by atoms with Crippen molar-refractivity contribution < 1.29 is 36.6 Å². The van der Waals surface area contributed by atoms with Crippen LogP contribution in [0.5, 0.6) is 0 Å². The van der Waals surface area contributed by atoms with Crippen LogP contribution in [-0.2, 0) is 19.1 Å². The molecule has 0 atom stereocenters. The van der Waals surface area contributed by atoms with Gasteiger partial charge in [0.1, 0.15) is 0 Å². The number of ether oxygens (including phenoxy) is 2. The fourth-order valence-corrected chi connectivity index (χ4v) is 1.95. The lowest BCUT2D eigenvalue weighted by atomic mass is 9.87. The fourth-order valence-electron chi connectivity index (χ4n) is 1.95. The highest BCUT2D eigenvalue weighted by Crippen LogP contribution is 2.28. The Balaban J connectivity index is 3.99. The van der Waals surface area contributed by atoms with E-state index < -0.39 is 30.3 Å². The van der Waals surface area contributed by atoms with Gasteiger partial charge < -0.3 is 9.47 Å². The number of unbranched alkanes of at least 4 members (excludes halogenated alkanes) is 3. The number of rotatable bonds is 12. The molecule has 0 amide bonds. The number of carbonyl (C=O) groups is 2. The van der Waals surface area contributed by atoms with Gasteiger partial charge in [-0.25, -0.2) is 8.78 Å². The lowest BCUT2D eigenvalue weighted by molar-refractivity contribution is -0.186. The van der Waals surface area contributed by atoms with Crippen molar-refractivity contribution in [2.24, 2.45) is 5.41 Å². The van der Waals surface area contributed by atoms with Crippen LogP contribution >= 0.6 is 0 Å². The minimum atomic E-state index is -4.33. The maximum Gasteiger partial charge on any atom is 0.340 e. The van der Waals surface area contributed by atoms with Gasteiger partial charge >= 0.3 is 24.3 Å². The minimum absolute atomic E-state index is 0.249. The minimum Gasteiger partial charge on any atom is -0.466 e. The Morgan fingerprint density at radius 1 is 1.00 bits per heavy atom. The summed E-state index contributed by atoms with van der Waals surface area (Å²) in [6, 6.07) is 0. The van der Waals surface area contributed by atoms with Gasteiger partial charge in [-0.2, -0.15) is 8.78 Å². The van der Waals surface area contributed by atoms with Gasteiger partial charge in [-0.15, -0.1) is 0 Å². The zero-order chi connectivity index (χ0) is 18.8. The van der Waals surface area contributed by atoms with Crippen LogP contribution < -0.4 is 0 Å². The number of carbonyl (C=O) groups excluding carboxylic acids is 2. The molecule has 0 N–H and O–H groups in total. The Hall–Kier alpha value is -1.34. The van der Waals surface area contributed by atoms with Gasteiger partial charge in [0, 0.05) is 6.42 Å². The van der Waals surface area contributed by atoms with Crippen LogP contribution in [0.25, 0.3) is 0 Å². The van der Waals surface area contributed by atoms with E-state index in [2.05, 4.69) is 4.74 Å². The van der Waals surface area contributed by atoms with Gasteiger partial charge in [0.25, 0.3) is 0 Å². The predicted molar refractivity (Wildman–Crippen MR) is 80.0 cm³/mol. The Kier molecular flexibility index (Phi) is 9.92. The van der Waals surface area contributed by atoms with Crippen molar-refractivity contribution in [3.63, 3.8) is 0 Å². The molecule has 0 saturated heterocycles. The van der Waals surface area contributed by atoms with Gasteiger partial charge in [-0.1, -0.05) is 19.3 Å². The first-order valence-electron chi connectivity index (χ1n) is 8.01. The van der Waals surface area contributed by atoms with E-state index >= 15 is 0 Å². The molecular weight excluding hydrogens is 332 g/mol. The average molecular weight is 358 g/mol. The highest BCUT2D eigenvalue weighted by molar-refractivity contribution is 5.75. The summed E-state index contributed by atoms with van der Waals surface area (Å²) in [5.74, 6) is -5.51. The van der Waals surface area contributed by atoms with Crippen LogP contribution in [0.15, 0.2) is 0 Å². The van der Waals surface area contributed by atoms with Crippen molar-refractivity contribution in [2.75, 3.05) is 13.2 Å². The summed E-state index contributed by atoms with van der Waals surface area (Å²) in [6.07, 6.45) is -0.321. The van der Waals surface area contributed by atoms with E-state index in [0.29, 0.717) is 32.3 Å². The zero-order valence-electron chi connectivity index (χ0n) is 14.4. The topological polar surface area (TPSA) is 52.6 Å². The number of halogens is 4. The molecule has 0 aliphatic rings. The molecule has 0 aromatic rings. The van der Waals surface area contributed by atoms with E-state index in [4.69, 9.17) is 4.74 Å². The van der Waals surface area contributed by atoms with Gasteiger partial charge in [0.15, 0.2) is 6.61 Å². The molecule has 0 heterocycles. The Bertz CT molecular complexity index is 398. The molecule has 142 valence electrons. The summed E-state index contributed by atoms with van der Waals surface area (Å²) < 4.78 is 58.6. The van der Waals surface area contributed by atoms with E-state index in [1.807, 2.05) is 0 Å². The maximum absolute atomic E-state index is 12.7. The quantitative estimate of drug-likeness (QED) is 0.295. The van der Waals surface area contributed by atoms with E-state index in [-0.39, 0.29) is 5.97 Å². The standard InChI is InChI=1S/C16H26F4O4/c1-4-23-12(21)9-7-5-6-8-10-15(2,3)14(22)24-11-16(19,20)13(17)18/h13H,4-11H2,1-3H3. The normalized spacial score (nSPS) is 12.3. The summed E-state index contributed by atoms with van der Waals surface area (Å²) in [5.41, 5.74) is -1.03. The van der Waals surface area contributed by atoms with Crippen LogP contribution in [0.3, 0.4) is 0 Å². The zero-order valence-corrected chi connectivity index (χ0v) is 14.4. The van der Waals surface area contributed by atoms with Crippen LogP contribution in [0, 0.1) is 5.41 Å². The second kappa shape index (κ2) is 10.5. The second-order valence-corrected chi connectivity index (χ2v) is 6.24. The molecule has 4 nitrogen and oxygen atoms in total. The van der Waals surface area contributed by atoms with Crippen LogP contribution in [-0.4, -0.2) is 37.5 Å². The third kappa shape index (κ3) is 9.08. The molecule has 0 aromatic carbocycles. The highest BCUT2D eigenvalue weighted by Gasteiger charge is 2.43. The molecule has 0 bridgehead atoms. The summed E-state index contributed by atoms with van der Waals surface area (Å²) in [7, 11) is 0. The van der Waals surface area contributed by atoms with Crippen molar-refractivity contribution in [3.8, 4) is 0 Å². The second-order valence-electron chi connectivity index (χ2n) is 6.24. The largest absolute Gasteiger partial charge is 0.466 e. The molecule has 0 fully saturated rings. The van der Waals surface area contributed by atoms with E-state index in [1.54, 1.807) is 6.92 Å². The molecule has 24 heavy (non-hydrogen) atoms. The van der Waals surface area contributed by atoms with Gasteiger partial charge in [0.2, 0.25) is 0 Å².